The fourth-order valence-corrected chi connectivity index (χ4v) is 3.21. The quantitative estimate of drug-likeness (QED) is 0.660. The van der Waals surface area contributed by atoms with Crippen LogP contribution in [0, 0.1) is 0 Å². The Kier molecular flexibility index (Phi) is 5.98. The molecule has 0 aliphatic carbocycles. The van der Waals surface area contributed by atoms with Crippen molar-refractivity contribution in [2.24, 2.45) is 0 Å². The van der Waals surface area contributed by atoms with Gasteiger partial charge in [-0.3, -0.25) is 4.79 Å². The number of benzene rings is 1. The molecule has 1 atom stereocenters. The lowest BCUT2D eigenvalue weighted by atomic mass is 10.2. The van der Waals surface area contributed by atoms with Crippen LogP contribution in [0.15, 0.2) is 29.6 Å². The molecular weight excluding hydrogens is 365 g/mol. The number of halogens is 3. The highest BCUT2D eigenvalue weighted by Crippen LogP contribution is 2.34. The molecule has 7 heteroatoms. The summed E-state index contributed by atoms with van der Waals surface area (Å²) in [6.07, 6.45) is 0. The second-order valence-corrected chi connectivity index (χ2v) is 6.88. The molecule has 0 aliphatic heterocycles. The van der Waals surface area contributed by atoms with Crippen molar-refractivity contribution in [1.29, 1.82) is 0 Å². The summed E-state index contributed by atoms with van der Waals surface area (Å²) >= 11 is 19.4. The van der Waals surface area contributed by atoms with Crippen LogP contribution in [0.25, 0.3) is 0 Å². The SMILES string of the molecule is CC(c1cccs1)N(C)C(=O)COc1cc(Cl)c(Cl)cc1Cl. The number of thiophene rings is 1. The number of ether oxygens (including phenoxy) is 1. The molecule has 0 saturated carbocycles. The Balaban J connectivity index is 1.99. The Morgan fingerprint density at radius 2 is 1.95 bits per heavy atom. The maximum absolute atomic E-state index is 12.2. The summed E-state index contributed by atoms with van der Waals surface area (Å²) in [5, 5.41) is 2.97. The number of likely N-dealkylation sites (N-methyl/N-ethyl adjacent to an activating group) is 1. The Morgan fingerprint density at radius 3 is 2.59 bits per heavy atom. The van der Waals surface area contributed by atoms with Gasteiger partial charge in [-0.2, -0.15) is 0 Å². The van der Waals surface area contributed by atoms with Crippen molar-refractivity contribution >= 4 is 52.0 Å². The van der Waals surface area contributed by atoms with Crippen LogP contribution in [0.2, 0.25) is 15.1 Å². The van der Waals surface area contributed by atoms with E-state index in [1.807, 2.05) is 24.4 Å². The van der Waals surface area contributed by atoms with Gasteiger partial charge in [0.25, 0.3) is 5.91 Å². The minimum Gasteiger partial charge on any atom is -0.482 e. The first-order valence-corrected chi connectivity index (χ1v) is 8.48. The van der Waals surface area contributed by atoms with Crippen LogP contribution in [-0.2, 0) is 4.79 Å². The first-order chi connectivity index (χ1) is 10.4. The van der Waals surface area contributed by atoms with E-state index in [9.17, 15) is 4.79 Å². The molecule has 118 valence electrons. The molecule has 2 aromatic rings. The number of hydrogen-bond donors (Lipinski definition) is 0. The van der Waals surface area contributed by atoms with Crippen LogP contribution in [0.1, 0.15) is 17.8 Å². The van der Waals surface area contributed by atoms with Crippen LogP contribution in [-0.4, -0.2) is 24.5 Å². The molecule has 2 rings (SSSR count). The summed E-state index contributed by atoms with van der Waals surface area (Å²) in [5.41, 5.74) is 0. The molecule has 1 heterocycles. The molecule has 0 aliphatic rings. The highest BCUT2D eigenvalue weighted by Gasteiger charge is 2.19. The summed E-state index contributed by atoms with van der Waals surface area (Å²) in [4.78, 5) is 15.0. The molecular formula is C15H14Cl3NO2S. The van der Waals surface area contributed by atoms with E-state index in [1.165, 1.54) is 12.1 Å². The minimum atomic E-state index is -0.150. The van der Waals surface area contributed by atoms with Crippen LogP contribution >= 0.6 is 46.1 Å². The van der Waals surface area contributed by atoms with Crippen molar-refractivity contribution in [2.75, 3.05) is 13.7 Å². The van der Waals surface area contributed by atoms with Crippen molar-refractivity contribution in [3.05, 3.63) is 49.6 Å². The molecule has 0 saturated heterocycles. The summed E-state index contributed by atoms with van der Waals surface area (Å²) in [7, 11) is 1.74. The van der Waals surface area contributed by atoms with E-state index in [-0.39, 0.29) is 18.6 Å². The maximum atomic E-state index is 12.2. The van der Waals surface area contributed by atoms with E-state index in [0.29, 0.717) is 20.8 Å². The maximum Gasteiger partial charge on any atom is 0.260 e. The van der Waals surface area contributed by atoms with Gasteiger partial charge in [0, 0.05) is 18.0 Å². The van der Waals surface area contributed by atoms with Gasteiger partial charge in [0.2, 0.25) is 0 Å². The van der Waals surface area contributed by atoms with E-state index < -0.39 is 0 Å². The molecule has 3 nitrogen and oxygen atoms in total. The third-order valence-corrected chi connectivity index (χ3v) is 5.32. The summed E-state index contributed by atoms with van der Waals surface area (Å²) in [6.45, 7) is 1.85. The Hall–Kier alpha value is -0.940. The fourth-order valence-electron chi connectivity index (χ4n) is 1.79. The first kappa shape index (κ1) is 17.4. The molecule has 0 spiro atoms. The number of carbonyl (C=O) groups excluding carboxylic acids is 1. The standard InChI is InChI=1S/C15H14Cl3NO2S/c1-9(14-4-3-5-22-14)19(2)15(20)8-21-13-7-11(17)10(16)6-12(13)18/h3-7,9H,8H2,1-2H3. The predicted molar refractivity (Wildman–Crippen MR) is 92.5 cm³/mol. The number of rotatable bonds is 5. The number of amides is 1. The van der Waals surface area contributed by atoms with Gasteiger partial charge in [-0.05, 0) is 24.4 Å². The number of nitrogens with zero attached hydrogens (tertiary/aromatic N) is 1. The molecule has 0 bridgehead atoms. The zero-order chi connectivity index (χ0) is 16.3. The average Bonchev–Trinajstić information content (AvgIpc) is 3.02. The normalized spacial score (nSPS) is 12.0. The Morgan fingerprint density at radius 1 is 1.27 bits per heavy atom. The Bertz CT molecular complexity index is 661. The minimum absolute atomic E-state index is 0.0135. The third kappa shape index (κ3) is 4.07. The molecule has 0 radical (unpaired) electrons. The number of hydrogen-bond acceptors (Lipinski definition) is 3. The van der Waals surface area contributed by atoms with Crippen molar-refractivity contribution in [1.82, 2.24) is 4.90 Å². The van der Waals surface area contributed by atoms with Crippen molar-refractivity contribution in [3.8, 4) is 5.75 Å². The highest BCUT2D eigenvalue weighted by atomic mass is 35.5. The molecule has 1 unspecified atom stereocenters. The monoisotopic (exact) mass is 377 g/mol. The van der Waals surface area contributed by atoms with Gasteiger partial charge in [-0.15, -0.1) is 11.3 Å². The van der Waals surface area contributed by atoms with Gasteiger partial charge >= 0.3 is 0 Å². The average molecular weight is 379 g/mol. The zero-order valence-electron chi connectivity index (χ0n) is 12.0. The lowest BCUT2D eigenvalue weighted by Gasteiger charge is -2.24. The van der Waals surface area contributed by atoms with Gasteiger partial charge < -0.3 is 9.64 Å². The van der Waals surface area contributed by atoms with Gasteiger partial charge in [0.1, 0.15) is 5.75 Å². The third-order valence-electron chi connectivity index (χ3n) is 3.26. The Labute approximate surface area is 148 Å². The topological polar surface area (TPSA) is 29.5 Å². The lowest BCUT2D eigenvalue weighted by molar-refractivity contribution is -0.133. The smallest absolute Gasteiger partial charge is 0.260 e. The summed E-state index contributed by atoms with van der Waals surface area (Å²) < 4.78 is 5.46. The fraction of sp³-hybridized carbons (Fsp3) is 0.267. The highest BCUT2D eigenvalue weighted by molar-refractivity contribution is 7.10. The van der Waals surface area contributed by atoms with Crippen LogP contribution in [0.4, 0.5) is 0 Å². The van der Waals surface area contributed by atoms with Gasteiger partial charge in [0.05, 0.1) is 21.1 Å². The van der Waals surface area contributed by atoms with Crippen LogP contribution in [0.3, 0.4) is 0 Å². The largest absolute Gasteiger partial charge is 0.482 e. The lowest BCUT2D eigenvalue weighted by Crippen LogP contribution is -2.33. The van der Waals surface area contributed by atoms with Crippen molar-refractivity contribution < 1.29 is 9.53 Å². The van der Waals surface area contributed by atoms with Crippen molar-refractivity contribution in [3.63, 3.8) is 0 Å². The second-order valence-electron chi connectivity index (χ2n) is 4.68. The van der Waals surface area contributed by atoms with Gasteiger partial charge in [-0.25, -0.2) is 0 Å². The molecule has 0 N–H and O–H groups in total. The van der Waals surface area contributed by atoms with Crippen molar-refractivity contribution in [2.45, 2.75) is 13.0 Å². The van der Waals surface area contributed by atoms with E-state index in [0.717, 1.165) is 4.88 Å². The van der Waals surface area contributed by atoms with E-state index in [1.54, 1.807) is 23.3 Å². The van der Waals surface area contributed by atoms with Gasteiger partial charge in [-0.1, -0.05) is 40.9 Å². The first-order valence-electron chi connectivity index (χ1n) is 6.46. The summed E-state index contributed by atoms with van der Waals surface area (Å²) in [5.74, 6) is 0.185. The zero-order valence-corrected chi connectivity index (χ0v) is 15.1. The van der Waals surface area contributed by atoms with E-state index in [2.05, 4.69) is 0 Å². The number of carbonyl (C=O) groups is 1. The summed E-state index contributed by atoms with van der Waals surface area (Å²) in [6, 6.07) is 6.93. The van der Waals surface area contributed by atoms with Gasteiger partial charge in [0.15, 0.2) is 6.61 Å². The molecule has 1 amide bonds. The van der Waals surface area contributed by atoms with Crippen LogP contribution < -0.4 is 4.74 Å². The van der Waals surface area contributed by atoms with E-state index >= 15 is 0 Å². The molecule has 1 aromatic carbocycles. The second kappa shape index (κ2) is 7.55. The predicted octanol–water partition coefficient (Wildman–Crippen LogP) is 5.31. The molecule has 22 heavy (non-hydrogen) atoms. The molecule has 0 fully saturated rings. The van der Waals surface area contributed by atoms with E-state index in [4.69, 9.17) is 39.5 Å². The molecule has 1 aromatic heterocycles. The van der Waals surface area contributed by atoms with Crippen LogP contribution in [0.5, 0.6) is 5.75 Å².